The van der Waals surface area contributed by atoms with Crippen molar-refractivity contribution in [3.8, 4) is 11.5 Å². The number of halogens is 1. The van der Waals surface area contributed by atoms with Crippen LogP contribution in [0.15, 0.2) is 103 Å². The minimum absolute atomic E-state index is 0. The highest BCUT2D eigenvalue weighted by molar-refractivity contribution is 5.95. The topological polar surface area (TPSA) is 115 Å². The largest absolute Gasteiger partial charge is 0.493 e. The van der Waals surface area contributed by atoms with E-state index >= 15 is 0 Å². The summed E-state index contributed by atoms with van der Waals surface area (Å²) in [5.41, 5.74) is 15.8. The Labute approximate surface area is 241 Å². The Bertz CT molecular complexity index is 1380. The number of hydrogen-bond acceptors (Lipinski definition) is 5. The molecule has 208 valence electrons. The molecule has 1 unspecified atom stereocenters. The number of benzene rings is 4. The first-order chi connectivity index (χ1) is 18.9. The summed E-state index contributed by atoms with van der Waals surface area (Å²) in [5, 5.41) is 7.75. The lowest BCUT2D eigenvalue weighted by Gasteiger charge is -2.33. The summed E-state index contributed by atoms with van der Waals surface area (Å²) in [6.45, 7) is 3.37. The Morgan fingerprint density at radius 2 is 1.40 bits per heavy atom. The van der Waals surface area contributed by atoms with E-state index in [2.05, 4.69) is 0 Å². The van der Waals surface area contributed by atoms with E-state index in [9.17, 15) is 4.79 Å². The fourth-order valence-electron chi connectivity index (χ4n) is 4.32. The van der Waals surface area contributed by atoms with Crippen molar-refractivity contribution in [2.24, 2.45) is 11.5 Å². The molecule has 0 saturated heterocycles. The average Bonchev–Trinajstić information content (AvgIpc) is 2.95. The molecule has 5 N–H and O–H groups in total. The number of amides is 1. The molecule has 0 aliphatic rings. The predicted octanol–water partition coefficient (Wildman–Crippen LogP) is 5.99. The van der Waals surface area contributed by atoms with Gasteiger partial charge in [-0.25, -0.2) is 0 Å². The third-order valence-electron chi connectivity index (χ3n) is 6.23. The maximum Gasteiger partial charge on any atom is 0.244 e. The zero-order chi connectivity index (χ0) is 27.6. The van der Waals surface area contributed by atoms with Gasteiger partial charge in [0.25, 0.3) is 0 Å². The van der Waals surface area contributed by atoms with Gasteiger partial charge in [-0.2, -0.15) is 0 Å². The molecule has 0 saturated carbocycles. The minimum atomic E-state index is -0.822. The van der Waals surface area contributed by atoms with Gasteiger partial charge < -0.3 is 25.8 Å². The number of nitrogens with zero attached hydrogens (tertiary/aromatic N) is 1. The summed E-state index contributed by atoms with van der Waals surface area (Å²) in [5.74, 6) is 0.655. The molecule has 4 rings (SSSR count). The summed E-state index contributed by atoms with van der Waals surface area (Å²) in [4.78, 5) is 15.1. The van der Waals surface area contributed by atoms with E-state index < -0.39 is 11.9 Å². The highest BCUT2D eigenvalue weighted by atomic mass is 35.5. The van der Waals surface area contributed by atoms with Crippen LogP contribution in [0.25, 0.3) is 0 Å². The van der Waals surface area contributed by atoms with Crippen molar-refractivity contribution in [1.82, 2.24) is 0 Å². The van der Waals surface area contributed by atoms with E-state index in [0.29, 0.717) is 42.4 Å². The molecule has 4 aromatic carbocycles. The summed E-state index contributed by atoms with van der Waals surface area (Å²) in [7, 11) is 0. The number of nitrogens with one attached hydrogen (secondary N) is 1. The second-order valence-electron chi connectivity index (χ2n) is 9.24. The van der Waals surface area contributed by atoms with E-state index in [0.717, 1.165) is 23.2 Å². The second-order valence-corrected chi connectivity index (χ2v) is 9.24. The maximum absolute atomic E-state index is 13.1. The third-order valence-corrected chi connectivity index (χ3v) is 6.23. The van der Waals surface area contributed by atoms with Crippen LogP contribution in [0.1, 0.15) is 41.6 Å². The van der Waals surface area contributed by atoms with Crippen LogP contribution in [0.4, 0.5) is 5.69 Å². The van der Waals surface area contributed by atoms with Crippen molar-refractivity contribution in [2.75, 3.05) is 11.5 Å². The molecule has 0 radical (unpaired) electrons. The van der Waals surface area contributed by atoms with Gasteiger partial charge in [0.2, 0.25) is 5.91 Å². The number of ether oxygens (including phenoxy) is 2. The second kappa shape index (κ2) is 14.6. The quantitative estimate of drug-likeness (QED) is 0.138. The van der Waals surface area contributed by atoms with Crippen molar-refractivity contribution in [3.63, 3.8) is 0 Å². The number of hydrogen-bond donors (Lipinski definition) is 3. The van der Waals surface area contributed by atoms with E-state index in [1.54, 1.807) is 12.1 Å². The molecule has 1 amide bonds. The summed E-state index contributed by atoms with van der Waals surface area (Å²) >= 11 is 0. The number of primary amides is 1. The van der Waals surface area contributed by atoms with Crippen LogP contribution in [0.2, 0.25) is 0 Å². The van der Waals surface area contributed by atoms with Gasteiger partial charge in [0.1, 0.15) is 30.0 Å². The van der Waals surface area contributed by atoms with E-state index in [1.807, 2.05) is 103 Å². The lowest BCUT2D eigenvalue weighted by Crippen LogP contribution is -2.37. The fourth-order valence-corrected chi connectivity index (χ4v) is 4.32. The van der Waals surface area contributed by atoms with Crippen molar-refractivity contribution in [2.45, 2.75) is 32.5 Å². The molecule has 4 aromatic rings. The molecule has 1 atom stereocenters. The number of rotatable bonds is 13. The van der Waals surface area contributed by atoms with E-state index in [-0.39, 0.29) is 18.2 Å². The molecule has 0 aliphatic carbocycles. The molecule has 40 heavy (non-hydrogen) atoms. The number of amidine groups is 1. The van der Waals surface area contributed by atoms with Gasteiger partial charge in [-0.1, -0.05) is 67.6 Å². The maximum atomic E-state index is 13.1. The Hall–Kier alpha value is -4.49. The van der Waals surface area contributed by atoms with Crippen LogP contribution < -0.4 is 25.8 Å². The number of carbonyl (C=O) groups is 1. The van der Waals surface area contributed by atoms with Crippen LogP contribution >= 0.6 is 12.4 Å². The molecule has 7 nitrogen and oxygen atoms in total. The first kappa shape index (κ1) is 30.1. The van der Waals surface area contributed by atoms with Crippen LogP contribution in [0.3, 0.4) is 0 Å². The van der Waals surface area contributed by atoms with Gasteiger partial charge in [0.15, 0.2) is 0 Å². The van der Waals surface area contributed by atoms with Crippen molar-refractivity contribution < 1.29 is 14.3 Å². The Morgan fingerprint density at radius 3 is 1.95 bits per heavy atom. The molecule has 8 heteroatoms. The monoisotopic (exact) mass is 558 g/mol. The highest BCUT2D eigenvalue weighted by Crippen LogP contribution is 2.34. The lowest BCUT2D eigenvalue weighted by atomic mass is 10.0. The van der Waals surface area contributed by atoms with Crippen LogP contribution in [0, 0.1) is 5.41 Å². The number of anilines is 1. The standard InChI is InChI=1S/C32H34N4O3.ClH/c1-2-17-38-28-18-26(19-29(20-28)39-22-24-11-7-4-8-12-24)30(32(35)37)36(21-23-9-5-3-6-10-23)27-15-13-25(14-16-27)31(33)34;/h3-16,18-20,30H,2,17,21-22H2,1H3,(H3,33,34)(H2,35,37);1H. The van der Waals surface area contributed by atoms with Crippen molar-refractivity contribution in [3.05, 3.63) is 125 Å². The number of nitrogen functional groups attached to an aromatic ring is 1. The molecule has 0 heterocycles. The smallest absolute Gasteiger partial charge is 0.244 e. The minimum Gasteiger partial charge on any atom is -0.493 e. The number of nitrogens with two attached hydrogens (primary N) is 2. The Kier molecular flexibility index (Phi) is 11.0. The van der Waals surface area contributed by atoms with Crippen LogP contribution in [0.5, 0.6) is 11.5 Å². The summed E-state index contributed by atoms with van der Waals surface area (Å²) < 4.78 is 12.1. The van der Waals surface area contributed by atoms with Gasteiger partial charge >= 0.3 is 0 Å². The van der Waals surface area contributed by atoms with Gasteiger partial charge in [-0.3, -0.25) is 10.2 Å². The van der Waals surface area contributed by atoms with Gasteiger partial charge in [0, 0.05) is 23.9 Å². The summed E-state index contributed by atoms with van der Waals surface area (Å²) in [6, 6.07) is 31.7. The van der Waals surface area contributed by atoms with Gasteiger partial charge in [-0.15, -0.1) is 12.4 Å². The fraction of sp³-hybridized carbons (Fsp3) is 0.188. The number of carbonyl (C=O) groups excluding carboxylic acids is 1. The molecule has 0 bridgehead atoms. The Morgan fingerprint density at radius 1 is 0.825 bits per heavy atom. The lowest BCUT2D eigenvalue weighted by molar-refractivity contribution is -0.119. The first-order valence-corrected chi connectivity index (χ1v) is 12.9. The predicted molar refractivity (Wildman–Crippen MR) is 162 cm³/mol. The Balaban J connectivity index is 0.00000441. The molecular weight excluding hydrogens is 524 g/mol. The average molecular weight is 559 g/mol. The normalized spacial score (nSPS) is 11.1. The van der Waals surface area contributed by atoms with Crippen LogP contribution in [-0.4, -0.2) is 18.3 Å². The van der Waals surface area contributed by atoms with E-state index in [4.69, 9.17) is 26.4 Å². The van der Waals surface area contributed by atoms with Gasteiger partial charge in [0.05, 0.1) is 6.61 Å². The SMILES string of the molecule is CCCOc1cc(OCc2ccccc2)cc(C(C(N)=O)N(Cc2ccccc2)c2ccc(C(=N)N)cc2)c1.Cl. The highest BCUT2D eigenvalue weighted by Gasteiger charge is 2.28. The molecular formula is C32H35ClN4O3. The van der Waals surface area contributed by atoms with Crippen molar-refractivity contribution in [1.29, 1.82) is 5.41 Å². The van der Waals surface area contributed by atoms with Crippen LogP contribution in [-0.2, 0) is 17.9 Å². The third kappa shape index (κ3) is 8.01. The van der Waals surface area contributed by atoms with E-state index in [1.165, 1.54) is 0 Å². The molecule has 0 aliphatic heterocycles. The summed E-state index contributed by atoms with van der Waals surface area (Å²) in [6.07, 6.45) is 0.840. The molecule has 0 fully saturated rings. The van der Waals surface area contributed by atoms with Gasteiger partial charge in [-0.05, 0) is 59.5 Å². The first-order valence-electron chi connectivity index (χ1n) is 12.9. The zero-order valence-corrected chi connectivity index (χ0v) is 23.3. The molecule has 0 spiro atoms. The zero-order valence-electron chi connectivity index (χ0n) is 22.5. The van der Waals surface area contributed by atoms with Crippen molar-refractivity contribution >= 4 is 29.8 Å². The molecule has 0 aromatic heterocycles.